The Bertz CT molecular complexity index is 324. The molecule has 3 nitrogen and oxygen atoms in total. The molecule has 4 heteroatoms. The van der Waals surface area contributed by atoms with Crippen LogP contribution in [0, 0.1) is 20.8 Å². The predicted molar refractivity (Wildman–Crippen MR) is 49.9 cm³/mol. The summed E-state index contributed by atoms with van der Waals surface area (Å²) in [5.41, 5.74) is 2.95. The van der Waals surface area contributed by atoms with Crippen LogP contribution in [0.1, 0.15) is 16.7 Å². The molecule has 1 N–H and O–H groups in total. The molecule has 0 aliphatic carbocycles. The van der Waals surface area contributed by atoms with Crippen LogP contribution >= 0.6 is 0 Å². The Morgan fingerprint density at radius 3 is 2.08 bits per heavy atom. The minimum absolute atomic E-state index is 0.555. The molecule has 0 bridgehead atoms. The number of hydrogen-bond donors (Lipinski definition) is 1. The van der Waals surface area contributed by atoms with Crippen molar-refractivity contribution in [3.63, 3.8) is 0 Å². The Hall–Kier alpha value is -0.430. The first-order valence-electron chi connectivity index (χ1n) is 3.87. The van der Waals surface area contributed by atoms with Crippen LogP contribution in [0.2, 0.25) is 0 Å². The maximum atomic E-state index is 10.6. The van der Waals surface area contributed by atoms with Crippen molar-refractivity contribution in [2.24, 2.45) is 0 Å². The third-order valence-electron chi connectivity index (χ3n) is 1.76. The van der Waals surface area contributed by atoms with E-state index in [-0.39, 0.29) is 0 Å². The van der Waals surface area contributed by atoms with Crippen molar-refractivity contribution in [1.82, 2.24) is 0 Å². The van der Waals surface area contributed by atoms with Gasteiger partial charge in [-0.15, -0.1) is 0 Å². The SMILES string of the molecule is Cc1cc(C)c(O[Te](=O)O)c(C)c1. The van der Waals surface area contributed by atoms with Crippen molar-refractivity contribution >= 4 is 20.4 Å². The van der Waals surface area contributed by atoms with Crippen LogP contribution in [-0.2, 0) is 3.10 Å². The Labute approximate surface area is 85.4 Å². The van der Waals surface area contributed by atoms with E-state index in [1.807, 2.05) is 32.9 Å². The summed E-state index contributed by atoms with van der Waals surface area (Å²) in [6.45, 7) is 5.73. The van der Waals surface area contributed by atoms with Gasteiger partial charge in [0.1, 0.15) is 0 Å². The van der Waals surface area contributed by atoms with Crippen molar-refractivity contribution in [1.29, 1.82) is 0 Å². The third kappa shape index (κ3) is 2.77. The van der Waals surface area contributed by atoms with E-state index in [1.165, 1.54) is 0 Å². The summed E-state index contributed by atoms with van der Waals surface area (Å²) >= 11 is -3.49. The van der Waals surface area contributed by atoms with Gasteiger partial charge in [0.2, 0.25) is 0 Å². The summed E-state index contributed by atoms with van der Waals surface area (Å²) in [5.74, 6) is 0.555. The van der Waals surface area contributed by atoms with Gasteiger partial charge in [-0.05, 0) is 0 Å². The summed E-state index contributed by atoms with van der Waals surface area (Å²) in [6, 6.07) is 3.87. The fraction of sp³-hybridized carbons (Fsp3) is 0.333. The monoisotopic (exact) mass is 298 g/mol. The molecule has 0 aliphatic heterocycles. The van der Waals surface area contributed by atoms with Crippen LogP contribution < -0.4 is 3.10 Å². The second-order valence-corrected chi connectivity index (χ2v) is 4.74. The first-order chi connectivity index (χ1) is 6.00. The van der Waals surface area contributed by atoms with Crippen molar-refractivity contribution < 1.29 is 9.68 Å². The van der Waals surface area contributed by atoms with Gasteiger partial charge in [-0.1, -0.05) is 0 Å². The zero-order valence-electron chi connectivity index (χ0n) is 7.83. The van der Waals surface area contributed by atoms with Crippen LogP contribution in [0.15, 0.2) is 12.1 Å². The Morgan fingerprint density at radius 2 is 1.69 bits per heavy atom. The molecule has 0 saturated heterocycles. The standard InChI is InChI=1S/C9H12O3Te/c1-6-4-7(2)9(8(3)5-6)12-13(10)11/h4-5H,1-3H3,(H,10,11). The number of aryl methyl sites for hydroxylation is 3. The first-order valence-corrected chi connectivity index (χ1v) is 6.82. The molecule has 0 heterocycles. The molecule has 0 spiro atoms. The minimum atomic E-state index is -3.49. The van der Waals surface area contributed by atoms with Gasteiger partial charge < -0.3 is 0 Å². The fourth-order valence-electron chi connectivity index (χ4n) is 1.37. The van der Waals surface area contributed by atoms with Gasteiger partial charge >= 0.3 is 85.4 Å². The van der Waals surface area contributed by atoms with E-state index in [2.05, 4.69) is 0 Å². The summed E-state index contributed by atoms with van der Waals surface area (Å²) in [5, 5.41) is 0. The van der Waals surface area contributed by atoms with Gasteiger partial charge in [0.05, 0.1) is 0 Å². The normalized spacial score (nSPS) is 10.5. The van der Waals surface area contributed by atoms with E-state index in [4.69, 9.17) is 6.57 Å². The molecule has 0 aromatic heterocycles. The summed E-state index contributed by atoms with van der Waals surface area (Å²) < 4.78 is 24.2. The van der Waals surface area contributed by atoms with Gasteiger partial charge in [-0.2, -0.15) is 0 Å². The third-order valence-corrected chi connectivity index (χ3v) is 2.64. The number of hydrogen-bond acceptors (Lipinski definition) is 2. The molecule has 0 fully saturated rings. The van der Waals surface area contributed by atoms with Crippen LogP contribution in [0.5, 0.6) is 5.75 Å². The molecule has 1 aromatic carbocycles. The van der Waals surface area contributed by atoms with E-state index < -0.39 is 20.4 Å². The molecule has 1 rings (SSSR count). The molecule has 1 aromatic rings. The average molecular weight is 296 g/mol. The second kappa shape index (κ2) is 4.19. The predicted octanol–water partition coefficient (Wildman–Crippen LogP) is 1.40. The van der Waals surface area contributed by atoms with Crippen LogP contribution in [0.4, 0.5) is 0 Å². The molecular weight excluding hydrogens is 284 g/mol. The second-order valence-electron chi connectivity index (χ2n) is 3.03. The van der Waals surface area contributed by atoms with Gasteiger partial charge in [0.25, 0.3) is 0 Å². The zero-order valence-corrected chi connectivity index (χ0v) is 10.2. The van der Waals surface area contributed by atoms with Crippen molar-refractivity contribution in [2.45, 2.75) is 20.8 Å². The molecule has 0 aliphatic rings. The molecular formula is C9H12O3Te. The van der Waals surface area contributed by atoms with Gasteiger partial charge in [-0.3, -0.25) is 0 Å². The average Bonchev–Trinajstić information content (AvgIpc) is 1.96. The van der Waals surface area contributed by atoms with Crippen LogP contribution in [0.3, 0.4) is 0 Å². The van der Waals surface area contributed by atoms with Crippen molar-refractivity contribution in [2.75, 3.05) is 0 Å². The van der Waals surface area contributed by atoms with E-state index >= 15 is 0 Å². The van der Waals surface area contributed by atoms with E-state index in [1.54, 1.807) is 0 Å². The Morgan fingerprint density at radius 1 is 1.23 bits per heavy atom. The molecule has 0 unspecified atom stereocenters. The molecule has 13 heavy (non-hydrogen) atoms. The van der Waals surface area contributed by atoms with E-state index in [9.17, 15) is 3.10 Å². The summed E-state index contributed by atoms with van der Waals surface area (Å²) in [7, 11) is 0. The molecule has 0 radical (unpaired) electrons. The number of rotatable bonds is 2. The first kappa shape index (κ1) is 10.6. The zero-order chi connectivity index (χ0) is 10.0. The van der Waals surface area contributed by atoms with Gasteiger partial charge in [-0.25, -0.2) is 0 Å². The Kier molecular flexibility index (Phi) is 3.43. The fourth-order valence-corrected chi connectivity index (χ4v) is 2.53. The summed E-state index contributed by atoms with van der Waals surface area (Å²) in [6.07, 6.45) is 0. The number of benzene rings is 1. The molecule has 72 valence electrons. The van der Waals surface area contributed by atoms with Crippen molar-refractivity contribution in [3.05, 3.63) is 28.8 Å². The quantitative estimate of drug-likeness (QED) is 0.839. The van der Waals surface area contributed by atoms with Gasteiger partial charge in [0.15, 0.2) is 0 Å². The molecule has 0 saturated carbocycles. The Balaban J connectivity index is 3.13. The van der Waals surface area contributed by atoms with E-state index in [0.29, 0.717) is 5.75 Å². The topological polar surface area (TPSA) is 46.5 Å². The maximum absolute atomic E-state index is 10.6. The summed E-state index contributed by atoms with van der Waals surface area (Å²) in [4.78, 5) is 0. The van der Waals surface area contributed by atoms with E-state index in [0.717, 1.165) is 16.7 Å². The van der Waals surface area contributed by atoms with Crippen LogP contribution in [-0.4, -0.2) is 23.8 Å². The molecule has 0 amide bonds. The van der Waals surface area contributed by atoms with Crippen LogP contribution in [0.25, 0.3) is 0 Å². The molecule has 0 atom stereocenters. The van der Waals surface area contributed by atoms with Crippen molar-refractivity contribution in [3.8, 4) is 5.75 Å². The van der Waals surface area contributed by atoms with Gasteiger partial charge in [0, 0.05) is 0 Å².